The zero-order valence-corrected chi connectivity index (χ0v) is 13.1. The molecular formula is C15H17Cl2NO3. The number of carboxylic acid groups (broad SMARTS) is 1. The van der Waals surface area contributed by atoms with Crippen LogP contribution < -0.4 is 5.32 Å². The second-order valence-electron chi connectivity index (χ2n) is 4.65. The lowest BCUT2D eigenvalue weighted by atomic mass is 10.0. The van der Waals surface area contributed by atoms with Gasteiger partial charge in [0.05, 0.1) is 0 Å². The third-order valence-electron chi connectivity index (χ3n) is 2.92. The highest BCUT2D eigenvalue weighted by molar-refractivity contribution is 6.34. The third-order valence-corrected chi connectivity index (χ3v) is 3.35. The number of carbonyl (C=O) groups excluding carboxylic acids is 1. The van der Waals surface area contributed by atoms with Gasteiger partial charge in [-0.05, 0) is 35.8 Å². The van der Waals surface area contributed by atoms with E-state index in [-0.39, 0.29) is 18.2 Å². The quantitative estimate of drug-likeness (QED) is 0.751. The van der Waals surface area contributed by atoms with Gasteiger partial charge in [-0.1, -0.05) is 36.5 Å². The minimum absolute atomic E-state index is 0.0460. The number of hydrogen-bond donors (Lipinski definition) is 2. The summed E-state index contributed by atoms with van der Waals surface area (Å²) in [7, 11) is 0. The molecule has 0 radical (unpaired) electrons. The van der Waals surface area contributed by atoms with Gasteiger partial charge in [-0.25, -0.2) is 0 Å². The number of rotatable bonds is 7. The van der Waals surface area contributed by atoms with Crippen LogP contribution in [0.3, 0.4) is 0 Å². The van der Waals surface area contributed by atoms with Crippen LogP contribution in [0.1, 0.15) is 25.3 Å². The Bertz CT molecular complexity index is 523. The predicted octanol–water partition coefficient (Wildman–Crippen LogP) is 3.62. The van der Waals surface area contributed by atoms with Crippen molar-refractivity contribution in [2.45, 2.75) is 19.8 Å². The molecule has 114 valence electrons. The van der Waals surface area contributed by atoms with E-state index in [0.29, 0.717) is 23.0 Å². The molecule has 0 aliphatic rings. The van der Waals surface area contributed by atoms with Crippen molar-refractivity contribution in [3.8, 4) is 0 Å². The largest absolute Gasteiger partial charge is 0.481 e. The lowest BCUT2D eigenvalue weighted by molar-refractivity contribution is -0.138. The molecule has 1 atom stereocenters. The van der Waals surface area contributed by atoms with Crippen LogP contribution in [0.5, 0.6) is 0 Å². The molecule has 0 saturated heterocycles. The number of carbonyl (C=O) groups is 2. The molecule has 1 aromatic carbocycles. The molecular weight excluding hydrogens is 313 g/mol. The van der Waals surface area contributed by atoms with Crippen LogP contribution in [0.25, 0.3) is 6.08 Å². The normalized spacial score (nSPS) is 12.3. The average Bonchev–Trinajstić information content (AvgIpc) is 2.39. The van der Waals surface area contributed by atoms with Gasteiger partial charge in [0.15, 0.2) is 0 Å². The number of hydrogen-bond acceptors (Lipinski definition) is 2. The van der Waals surface area contributed by atoms with Crippen molar-refractivity contribution in [1.82, 2.24) is 5.32 Å². The Labute approximate surface area is 133 Å². The first kappa shape index (κ1) is 17.5. The van der Waals surface area contributed by atoms with E-state index < -0.39 is 5.97 Å². The summed E-state index contributed by atoms with van der Waals surface area (Å²) in [5.41, 5.74) is 0.722. The molecule has 0 heterocycles. The maximum Gasteiger partial charge on any atom is 0.303 e. The van der Waals surface area contributed by atoms with E-state index in [1.807, 2.05) is 6.92 Å². The minimum atomic E-state index is -0.861. The van der Waals surface area contributed by atoms with Crippen LogP contribution in [0.2, 0.25) is 10.0 Å². The Morgan fingerprint density at radius 2 is 1.90 bits per heavy atom. The van der Waals surface area contributed by atoms with Crippen molar-refractivity contribution >= 4 is 41.2 Å². The molecule has 0 fully saturated rings. The fraction of sp³-hybridized carbons (Fsp3) is 0.333. The molecule has 0 saturated carbocycles. The molecule has 0 aliphatic carbocycles. The molecule has 4 nitrogen and oxygen atoms in total. The van der Waals surface area contributed by atoms with Gasteiger partial charge in [0, 0.05) is 29.1 Å². The van der Waals surface area contributed by atoms with Crippen LogP contribution in [0, 0.1) is 5.92 Å². The summed E-state index contributed by atoms with van der Waals surface area (Å²) in [4.78, 5) is 22.3. The highest BCUT2D eigenvalue weighted by Crippen LogP contribution is 2.19. The van der Waals surface area contributed by atoms with E-state index in [0.717, 1.165) is 5.56 Å². The van der Waals surface area contributed by atoms with Crippen LogP contribution in [-0.2, 0) is 9.59 Å². The second kappa shape index (κ2) is 8.70. The topological polar surface area (TPSA) is 66.4 Å². The van der Waals surface area contributed by atoms with Crippen molar-refractivity contribution in [2.75, 3.05) is 6.54 Å². The number of benzene rings is 1. The molecule has 1 unspecified atom stereocenters. The van der Waals surface area contributed by atoms with Crippen molar-refractivity contribution < 1.29 is 14.7 Å². The van der Waals surface area contributed by atoms with E-state index in [1.54, 1.807) is 24.3 Å². The van der Waals surface area contributed by atoms with Gasteiger partial charge in [-0.3, -0.25) is 9.59 Å². The van der Waals surface area contributed by atoms with Gasteiger partial charge in [-0.2, -0.15) is 0 Å². The molecule has 1 rings (SSSR count). The van der Waals surface area contributed by atoms with Crippen LogP contribution in [-0.4, -0.2) is 23.5 Å². The number of amides is 1. The maximum absolute atomic E-state index is 11.7. The van der Waals surface area contributed by atoms with E-state index in [9.17, 15) is 9.59 Å². The van der Waals surface area contributed by atoms with E-state index in [1.165, 1.54) is 6.08 Å². The van der Waals surface area contributed by atoms with Crippen molar-refractivity contribution in [3.63, 3.8) is 0 Å². The van der Waals surface area contributed by atoms with Crippen molar-refractivity contribution in [2.24, 2.45) is 5.92 Å². The van der Waals surface area contributed by atoms with E-state index >= 15 is 0 Å². The van der Waals surface area contributed by atoms with Crippen LogP contribution >= 0.6 is 23.2 Å². The number of halogens is 2. The Kier molecular flexibility index (Phi) is 7.26. The lowest BCUT2D eigenvalue weighted by Gasteiger charge is -2.12. The number of carboxylic acids is 1. The SMILES string of the molecule is CCC(CNC(=O)/C=C/c1cc(Cl)cc(Cl)c1)CC(=O)O. The molecule has 21 heavy (non-hydrogen) atoms. The van der Waals surface area contributed by atoms with E-state index in [4.69, 9.17) is 28.3 Å². The second-order valence-corrected chi connectivity index (χ2v) is 5.53. The van der Waals surface area contributed by atoms with Crippen LogP contribution in [0.15, 0.2) is 24.3 Å². The first-order valence-corrected chi connectivity index (χ1v) is 7.30. The number of aliphatic carboxylic acids is 1. The van der Waals surface area contributed by atoms with Gasteiger partial charge < -0.3 is 10.4 Å². The zero-order chi connectivity index (χ0) is 15.8. The highest BCUT2D eigenvalue weighted by Gasteiger charge is 2.11. The molecule has 0 aromatic heterocycles. The van der Waals surface area contributed by atoms with Crippen molar-refractivity contribution in [1.29, 1.82) is 0 Å². The minimum Gasteiger partial charge on any atom is -0.481 e. The van der Waals surface area contributed by atoms with Crippen LogP contribution in [0.4, 0.5) is 0 Å². The first-order chi connectivity index (χ1) is 9.90. The Morgan fingerprint density at radius 1 is 1.29 bits per heavy atom. The van der Waals surface area contributed by atoms with Gasteiger partial charge in [-0.15, -0.1) is 0 Å². The highest BCUT2D eigenvalue weighted by atomic mass is 35.5. The molecule has 6 heteroatoms. The molecule has 0 aliphatic heterocycles. The van der Waals surface area contributed by atoms with Gasteiger partial charge in [0.25, 0.3) is 0 Å². The fourth-order valence-electron chi connectivity index (χ4n) is 1.75. The fourth-order valence-corrected chi connectivity index (χ4v) is 2.30. The first-order valence-electron chi connectivity index (χ1n) is 6.54. The predicted molar refractivity (Wildman–Crippen MR) is 84.5 cm³/mol. The Morgan fingerprint density at radius 3 is 2.43 bits per heavy atom. The summed E-state index contributed by atoms with van der Waals surface area (Å²) in [5.74, 6) is -1.21. The molecule has 0 bridgehead atoms. The van der Waals surface area contributed by atoms with E-state index in [2.05, 4.69) is 5.32 Å². The van der Waals surface area contributed by atoms with Gasteiger partial charge in [0.1, 0.15) is 0 Å². The average molecular weight is 330 g/mol. The summed E-state index contributed by atoms with van der Waals surface area (Å²) in [6.45, 7) is 2.23. The maximum atomic E-state index is 11.7. The molecule has 2 N–H and O–H groups in total. The zero-order valence-electron chi connectivity index (χ0n) is 11.6. The van der Waals surface area contributed by atoms with Crippen molar-refractivity contribution in [3.05, 3.63) is 39.9 Å². The van der Waals surface area contributed by atoms with Gasteiger partial charge >= 0.3 is 5.97 Å². The monoisotopic (exact) mass is 329 g/mol. The summed E-state index contributed by atoms with van der Waals surface area (Å²) in [6.07, 6.45) is 3.71. The summed E-state index contributed by atoms with van der Waals surface area (Å²) in [5, 5.41) is 12.4. The molecule has 1 amide bonds. The smallest absolute Gasteiger partial charge is 0.303 e. The summed E-state index contributed by atoms with van der Waals surface area (Å²) in [6, 6.07) is 4.99. The summed E-state index contributed by atoms with van der Waals surface area (Å²) >= 11 is 11.7. The molecule has 0 spiro atoms. The Hall–Kier alpha value is -1.52. The molecule has 1 aromatic rings. The Balaban J connectivity index is 2.52. The lowest BCUT2D eigenvalue weighted by Crippen LogP contribution is -2.28. The van der Waals surface area contributed by atoms with Gasteiger partial charge in [0.2, 0.25) is 5.91 Å². The standard InChI is InChI=1S/C15H17Cl2NO3/c1-2-10(7-15(20)21)9-18-14(19)4-3-11-5-12(16)8-13(17)6-11/h3-6,8,10H,2,7,9H2,1H3,(H,18,19)(H,20,21)/b4-3+. The number of nitrogens with one attached hydrogen (secondary N) is 1. The summed E-state index contributed by atoms with van der Waals surface area (Å²) < 4.78 is 0. The third kappa shape index (κ3) is 7.16.